The summed E-state index contributed by atoms with van der Waals surface area (Å²) >= 11 is 0. The number of anilines is 4. The molecule has 12 heteroatoms. The maximum Gasteiger partial charge on any atom is 0.343 e. The standard InChI is InChI=1S/C24H35N7O4S/c1-6-29(7-2)36(33,34)18-13-14-21(35-5)19(15-18)26-23-25-16-20-22(27-23)31(17-11-9-10-12-17)30(8-3)24(32)28(20)4/h13-17H,6-12H2,1-5H3,(H,25,26,27). The van der Waals surface area contributed by atoms with Crippen molar-refractivity contribution in [1.82, 2.24) is 19.3 Å². The maximum absolute atomic E-state index is 13.1. The summed E-state index contributed by atoms with van der Waals surface area (Å²) in [6.45, 7) is 6.83. The van der Waals surface area contributed by atoms with Gasteiger partial charge in [-0.3, -0.25) is 9.91 Å². The summed E-state index contributed by atoms with van der Waals surface area (Å²) in [5.74, 6) is 1.39. The summed E-state index contributed by atoms with van der Waals surface area (Å²) in [6, 6.07) is 4.76. The van der Waals surface area contributed by atoms with E-state index >= 15 is 0 Å². The first kappa shape index (κ1) is 26.0. The number of benzene rings is 1. The Morgan fingerprint density at radius 1 is 1.17 bits per heavy atom. The SMILES string of the molecule is CCN1C(=O)N(C)c2cnc(Nc3cc(S(=O)(=O)N(CC)CC)ccc3OC)nc2N1C1CCCC1. The van der Waals surface area contributed by atoms with Gasteiger partial charge in [-0.05, 0) is 38.0 Å². The van der Waals surface area contributed by atoms with Crippen LogP contribution < -0.4 is 20.0 Å². The molecule has 2 heterocycles. The summed E-state index contributed by atoms with van der Waals surface area (Å²) in [5.41, 5.74) is 1.07. The highest BCUT2D eigenvalue weighted by molar-refractivity contribution is 7.89. The predicted octanol–water partition coefficient (Wildman–Crippen LogP) is 3.82. The monoisotopic (exact) mass is 517 g/mol. The number of hydrogen-bond acceptors (Lipinski definition) is 8. The van der Waals surface area contributed by atoms with Crippen LogP contribution in [0.15, 0.2) is 29.3 Å². The number of methoxy groups -OCH3 is 1. The van der Waals surface area contributed by atoms with E-state index in [0.29, 0.717) is 42.6 Å². The van der Waals surface area contributed by atoms with Crippen LogP contribution >= 0.6 is 0 Å². The van der Waals surface area contributed by atoms with Crippen molar-refractivity contribution < 1.29 is 17.9 Å². The summed E-state index contributed by atoms with van der Waals surface area (Å²) < 4.78 is 33.1. The third-order valence-corrected chi connectivity index (χ3v) is 8.87. The lowest BCUT2D eigenvalue weighted by molar-refractivity contribution is 0.191. The van der Waals surface area contributed by atoms with Crippen LogP contribution in [0.2, 0.25) is 0 Å². The number of rotatable bonds is 9. The van der Waals surface area contributed by atoms with Gasteiger partial charge in [0.1, 0.15) is 11.4 Å². The van der Waals surface area contributed by atoms with Gasteiger partial charge in [0.15, 0.2) is 5.82 Å². The molecule has 2 aromatic rings. The lowest BCUT2D eigenvalue weighted by Crippen LogP contribution is -2.59. The summed E-state index contributed by atoms with van der Waals surface area (Å²) in [6.07, 6.45) is 5.82. The van der Waals surface area contributed by atoms with Crippen molar-refractivity contribution in [3.8, 4) is 5.75 Å². The van der Waals surface area contributed by atoms with Gasteiger partial charge in [0, 0.05) is 26.7 Å². The Labute approximate surface area is 213 Å². The molecule has 36 heavy (non-hydrogen) atoms. The smallest absolute Gasteiger partial charge is 0.343 e. The predicted molar refractivity (Wildman–Crippen MR) is 139 cm³/mol. The zero-order valence-electron chi connectivity index (χ0n) is 21.6. The minimum Gasteiger partial charge on any atom is -0.495 e. The highest BCUT2D eigenvalue weighted by atomic mass is 32.2. The number of nitrogens with one attached hydrogen (secondary N) is 1. The summed E-state index contributed by atoms with van der Waals surface area (Å²) in [4.78, 5) is 24.0. The molecule has 2 aliphatic rings. The van der Waals surface area contributed by atoms with Crippen LogP contribution in [-0.4, -0.2) is 73.6 Å². The number of urea groups is 1. The van der Waals surface area contributed by atoms with Crippen molar-refractivity contribution in [2.75, 3.05) is 49.0 Å². The molecule has 196 valence electrons. The number of aromatic nitrogens is 2. The fourth-order valence-electron chi connectivity index (χ4n) is 4.90. The molecule has 0 unspecified atom stereocenters. The number of hydrogen-bond donors (Lipinski definition) is 1. The van der Waals surface area contributed by atoms with Crippen molar-refractivity contribution in [3.63, 3.8) is 0 Å². The average molecular weight is 518 g/mol. The van der Waals surface area contributed by atoms with Crippen LogP contribution in [0.4, 0.5) is 27.9 Å². The molecule has 0 saturated heterocycles. The van der Waals surface area contributed by atoms with Crippen LogP contribution in [0.3, 0.4) is 0 Å². The van der Waals surface area contributed by atoms with Crippen molar-refractivity contribution in [2.24, 2.45) is 0 Å². The Morgan fingerprint density at radius 3 is 2.47 bits per heavy atom. The van der Waals surface area contributed by atoms with Gasteiger partial charge in [-0.25, -0.2) is 23.2 Å². The highest BCUT2D eigenvalue weighted by Gasteiger charge is 2.39. The molecular formula is C24H35N7O4S. The van der Waals surface area contributed by atoms with E-state index in [1.165, 1.54) is 23.5 Å². The first-order valence-electron chi connectivity index (χ1n) is 12.4. The van der Waals surface area contributed by atoms with Crippen molar-refractivity contribution >= 4 is 39.2 Å². The van der Waals surface area contributed by atoms with Gasteiger partial charge in [0.05, 0.1) is 29.9 Å². The number of ether oxygens (including phenoxy) is 1. The zero-order valence-corrected chi connectivity index (χ0v) is 22.4. The van der Waals surface area contributed by atoms with Gasteiger partial charge in [-0.15, -0.1) is 0 Å². The van der Waals surface area contributed by atoms with E-state index in [2.05, 4.69) is 10.3 Å². The van der Waals surface area contributed by atoms with Crippen LogP contribution in [0.25, 0.3) is 0 Å². The Kier molecular flexibility index (Phi) is 7.55. The lowest BCUT2D eigenvalue weighted by atomic mass is 10.2. The molecule has 2 amide bonds. The maximum atomic E-state index is 13.1. The quantitative estimate of drug-likeness (QED) is 0.535. The van der Waals surface area contributed by atoms with Crippen molar-refractivity contribution in [2.45, 2.75) is 57.4 Å². The van der Waals surface area contributed by atoms with Gasteiger partial charge in [-0.2, -0.15) is 9.29 Å². The van der Waals surface area contributed by atoms with E-state index < -0.39 is 10.0 Å². The second kappa shape index (κ2) is 10.5. The molecule has 0 spiro atoms. The normalized spacial score (nSPS) is 16.6. The van der Waals surface area contributed by atoms with Gasteiger partial charge in [0.2, 0.25) is 16.0 Å². The molecule has 1 saturated carbocycles. The molecule has 1 N–H and O–H groups in total. The minimum absolute atomic E-state index is 0.114. The van der Waals surface area contributed by atoms with E-state index in [1.54, 1.807) is 29.2 Å². The molecule has 1 aromatic heterocycles. The Bertz CT molecular complexity index is 1210. The van der Waals surface area contributed by atoms with E-state index in [4.69, 9.17) is 9.72 Å². The Hall–Kier alpha value is -3.12. The van der Waals surface area contributed by atoms with Gasteiger partial charge in [-0.1, -0.05) is 26.7 Å². The molecule has 1 aliphatic heterocycles. The minimum atomic E-state index is -3.66. The van der Waals surface area contributed by atoms with Crippen molar-refractivity contribution in [1.29, 1.82) is 0 Å². The van der Waals surface area contributed by atoms with Crippen LogP contribution in [-0.2, 0) is 10.0 Å². The fraction of sp³-hybridized carbons (Fsp3) is 0.542. The van der Waals surface area contributed by atoms with E-state index in [9.17, 15) is 13.2 Å². The second-order valence-electron chi connectivity index (χ2n) is 8.82. The van der Waals surface area contributed by atoms with E-state index in [-0.39, 0.29) is 22.9 Å². The molecule has 0 radical (unpaired) electrons. The van der Waals surface area contributed by atoms with E-state index in [1.807, 2.05) is 25.8 Å². The van der Waals surface area contributed by atoms with Crippen LogP contribution in [0.5, 0.6) is 5.75 Å². The number of carbonyl (C=O) groups excluding carboxylic acids is 1. The topological polar surface area (TPSA) is 111 Å². The molecule has 1 fully saturated rings. The average Bonchev–Trinajstić information content (AvgIpc) is 3.41. The molecule has 0 atom stereocenters. The van der Waals surface area contributed by atoms with Gasteiger partial charge < -0.3 is 10.1 Å². The zero-order chi connectivity index (χ0) is 26.0. The molecule has 4 rings (SSSR count). The first-order chi connectivity index (χ1) is 17.3. The van der Waals surface area contributed by atoms with Gasteiger partial charge >= 0.3 is 6.03 Å². The second-order valence-corrected chi connectivity index (χ2v) is 10.8. The number of carbonyl (C=O) groups is 1. The highest BCUT2D eigenvalue weighted by Crippen LogP contribution is 2.39. The summed E-state index contributed by atoms with van der Waals surface area (Å²) in [7, 11) is -0.420. The summed E-state index contributed by atoms with van der Waals surface area (Å²) in [5, 5.41) is 6.89. The molecule has 11 nitrogen and oxygen atoms in total. The number of hydrazine groups is 1. The molecule has 1 aromatic carbocycles. The Morgan fingerprint density at radius 2 is 1.86 bits per heavy atom. The molecular weight excluding hydrogens is 482 g/mol. The number of nitrogens with zero attached hydrogens (tertiary/aromatic N) is 6. The Balaban J connectivity index is 1.74. The first-order valence-corrected chi connectivity index (χ1v) is 13.9. The van der Waals surface area contributed by atoms with E-state index in [0.717, 1.165) is 25.7 Å². The van der Waals surface area contributed by atoms with Crippen LogP contribution in [0, 0.1) is 0 Å². The largest absolute Gasteiger partial charge is 0.495 e. The lowest BCUT2D eigenvalue weighted by Gasteiger charge is -2.45. The third kappa shape index (κ3) is 4.55. The van der Waals surface area contributed by atoms with Crippen LogP contribution in [0.1, 0.15) is 46.5 Å². The number of fused-ring (bicyclic) bond motifs is 1. The molecule has 0 bridgehead atoms. The fourth-order valence-corrected chi connectivity index (χ4v) is 6.38. The number of amides is 2. The van der Waals surface area contributed by atoms with Crippen molar-refractivity contribution in [3.05, 3.63) is 24.4 Å². The molecule has 1 aliphatic carbocycles. The number of sulfonamides is 1. The van der Waals surface area contributed by atoms with Gasteiger partial charge in [0.25, 0.3) is 0 Å². The third-order valence-electron chi connectivity index (χ3n) is 6.83.